The second-order valence-electron chi connectivity index (χ2n) is 6.74. The van der Waals surface area contributed by atoms with Crippen LogP contribution in [0, 0.1) is 0 Å². The Kier molecular flexibility index (Phi) is 6.41. The molecule has 8 heteroatoms. The zero-order valence-electron chi connectivity index (χ0n) is 16.3. The van der Waals surface area contributed by atoms with Gasteiger partial charge in [-0.3, -0.25) is 4.79 Å². The molecular weight excluding hydrogens is 366 g/mol. The Morgan fingerprint density at radius 2 is 1.89 bits per heavy atom. The molecule has 0 bridgehead atoms. The molecule has 0 aliphatic carbocycles. The van der Waals surface area contributed by atoms with Crippen LogP contribution >= 0.6 is 0 Å². The van der Waals surface area contributed by atoms with E-state index in [0.717, 1.165) is 0 Å². The average molecular weight is 391 g/mol. The summed E-state index contributed by atoms with van der Waals surface area (Å²) in [7, 11) is 1.54. The predicted molar refractivity (Wildman–Crippen MR) is 101 cm³/mol. The lowest BCUT2D eigenvalue weighted by atomic mass is 10.1. The second-order valence-corrected chi connectivity index (χ2v) is 6.74. The molecule has 2 heterocycles. The molecule has 2 atom stereocenters. The summed E-state index contributed by atoms with van der Waals surface area (Å²) in [6.07, 6.45) is 2.77. The minimum atomic E-state index is -0.600. The summed E-state index contributed by atoms with van der Waals surface area (Å²) in [4.78, 5) is 25.9. The average Bonchev–Trinajstić information content (AvgIpc) is 2.69. The van der Waals surface area contributed by atoms with E-state index in [-0.39, 0.29) is 24.7 Å². The maximum Gasteiger partial charge on any atom is 0.331 e. The van der Waals surface area contributed by atoms with Crippen molar-refractivity contribution in [1.29, 1.82) is 0 Å². The van der Waals surface area contributed by atoms with Gasteiger partial charge >= 0.3 is 5.97 Å². The van der Waals surface area contributed by atoms with E-state index in [4.69, 9.17) is 23.7 Å². The fraction of sp³-hybridized carbons (Fsp3) is 0.500. The molecule has 3 rings (SSSR count). The van der Waals surface area contributed by atoms with Crippen LogP contribution in [0.2, 0.25) is 0 Å². The van der Waals surface area contributed by atoms with E-state index >= 15 is 0 Å². The number of morpholine rings is 1. The molecule has 0 radical (unpaired) electrons. The van der Waals surface area contributed by atoms with Gasteiger partial charge in [-0.25, -0.2) is 4.79 Å². The van der Waals surface area contributed by atoms with Gasteiger partial charge in [0, 0.05) is 19.2 Å². The summed E-state index contributed by atoms with van der Waals surface area (Å²) in [6, 6.07) is 3.49. The first-order valence-electron chi connectivity index (χ1n) is 9.22. The van der Waals surface area contributed by atoms with Gasteiger partial charge in [0.05, 0.1) is 19.3 Å². The van der Waals surface area contributed by atoms with E-state index < -0.39 is 5.97 Å². The van der Waals surface area contributed by atoms with Crippen molar-refractivity contribution in [3.8, 4) is 17.2 Å². The van der Waals surface area contributed by atoms with Gasteiger partial charge < -0.3 is 28.6 Å². The molecule has 1 saturated heterocycles. The molecule has 8 nitrogen and oxygen atoms in total. The third-order valence-corrected chi connectivity index (χ3v) is 4.37. The van der Waals surface area contributed by atoms with Crippen molar-refractivity contribution in [3.63, 3.8) is 0 Å². The molecule has 0 aromatic heterocycles. The summed E-state index contributed by atoms with van der Waals surface area (Å²) in [5, 5.41) is 0. The number of hydrogen-bond acceptors (Lipinski definition) is 7. The van der Waals surface area contributed by atoms with E-state index in [2.05, 4.69) is 0 Å². The van der Waals surface area contributed by atoms with Gasteiger partial charge in [0.2, 0.25) is 5.75 Å². The Morgan fingerprint density at radius 1 is 1.18 bits per heavy atom. The van der Waals surface area contributed by atoms with E-state index in [1.165, 1.54) is 13.2 Å². The first-order chi connectivity index (χ1) is 13.5. The quantitative estimate of drug-likeness (QED) is 0.558. The van der Waals surface area contributed by atoms with Crippen LogP contribution in [0.25, 0.3) is 6.08 Å². The fourth-order valence-electron chi connectivity index (χ4n) is 3.21. The molecule has 1 amide bonds. The number of amides is 1. The molecule has 0 unspecified atom stereocenters. The Morgan fingerprint density at radius 3 is 2.61 bits per heavy atom. The number of benzene rings is 1. The van der Waals surface area contributed by atoms with Crippen molar-refractivity contribution in [2.75, 3.05) is 40.0 Å². The van der Waals surface area contributed by atoms with Gasteiger partial charge in [-0.2, -0.15) is 0 Å². The van der Waals surface area contributed by atoms with E-state index in [1.54, 1.807) is 23.1 Å². The first-order valence-corrected chi connectivity index (χ1v) is 9.22. The van der Waals surface area contributed by atoms with Crippen molar-refractivity contribution in [2.45, 2.75) is 26.1 Å². The van der Waals surface area contributed by atoms with Gasteiger partial charge in [0.15, 0.2) is 18.1 Å². The van der Waals surface area contributed by atoms with Crippen LogP contribution in [0.15, 0.2) is 18.2 Å². The molecule has 2 aliphatic rings. The van der Waals surface area contributed by atoms with Crippen LogP contribution in [0.4, 0.5) is 0 Å². The number of nitrogens with zero attached hydrogens (tertiary/aromatic N) is 1. The van der Waals surface area contributed by atoms with Gasteiger partial charge in [-0.15, -0.1) is 0 Å². The van der Waals surface area contributed by atoms with E-state index in [9.17, 15) is 9.59 Å². The van der Waals surface area contributed by atoms with E-state index in [0.29, 0.717) is 49.1 Å². The summed E-state index contributed by atoms with van der Waals surface area (Å²) < 4.78 is 27.1. The van der Waals surface area contributed by atoms with Gasteiger partial charge in [-0.05, 0) is 37.6 Å². The fourth-order valence-corrected chi connectivity index (χ4v) is 3.21. The van der Waals surface area contributed by atoms with Gasteiger partial charge in [0.25, 0.3) is 5.91 Å². The molecule has 0 spiro atoms. The highest BCUT2D eigenvalue weighted by molar-refractivity contribution is 5.89. The van der Waals surface area contributed by atoms with Crippen LogP contribution in [0.3, 0.4) is 0 Å². The molecule has 1 fully saturated rings. The van der Waals surface area contributed by atoms with Gasteiger partial charge in [-0.1, -0.05) is 0 Å². The Bertz CT molecular complexity index is 734. The number of methoxy groups -OCH3 is 1. The molecule has 152 valence electrons. The smallest absolute Gasteiger partial charge is 0.331 e. The van der Waals surface area contributed by atoms with Crippen molar-refractivity contribution in [3.05, 3.63) is 23.8 Å². The summed E-state index contributed by atoms with van der Waals surface area (Å²) in [5.41, 5.74) is 0.695. The number of hydrogen-bond donors (Lipinski definition) is 0. The Hall–Kier alpha value is -2.74. The highest BCUT2D eigenvalue weighted by Crippen LogP contribution is 2.40. The molecular formula is C20H25NO7. The number of esters is 1. The number of ether oxygens (including phenoxy) is 5. The number of rotatable bonds is 5. The lowest BCUT2D eigenvalue weighted by Gasteiger charge is -2.35. The molecule has 1 aromatic rings. The molecule has 0 N–H and O–H groups in total. The maximum atomic E-state index is 12.2. The minimum Gasteiger partial charge on any atom is -0.493 e. The third-order valence-electron chi connectivity index (χ3n) is 4.37. The summed E-state index contributed by atoms with van der Waals surface area (Å²) in [5.74, 6) is 0.801. The number of fused-ring (bicyclic) bond motifs is 1. The van der Waals surface area contributed by atoms with Crippen LogP contribution in [0.1, 0.15) is 19.4 Å². The van der Waals surface area contributed by atoms with Crippen molar-refractivity contribution in [1.82, 2.24) is 4.90 Å². The maximum absolute atomic E-state index is 12.2. The number of carbonyl (C=O) groups is 2. The largest absolute Gasteiger partial charge is 0.493 e. The van der Waals surface area contributed by atoms with Crippen molar-refractivity contribution < 1.29 is 33.3 Å². The Labute approximate surface area is 163 Å². The van der Waals surface area contributed by atoms with Crippen molar-refractivity contribution in [2.24, 2.45) is 0 Å². The van der Waals surface area contributed by atoms with Crippen LogP contribution in [0.5, 0.6) is 17.2 Å². The zero-order chi connectivity index (χ0) is 20.1. The monoisotopic (exact) mass is 391 g/mol. The minimum absolute atomic E-state index is 0.0338. The zero-order valence-corrected chi connectivity index (χ0v) is 16.3. The summed E-state index contributed by atoms with van der Waals surface area (Å²) >= 11 is 0. The lowest BCUT2D eigenvalue weighted by molar-refractivity contribution is -0.154. The summed E-state index contributed by atoms with van der Waals surface area (Å²) in [6.45, 7) is 5.42. The SMILES string of the molecule is COc1cc(/C=C/C(=O)OCC(=O)N2C[C@H](C)O[C@@H](C)C2)cc2c1OCCO2. The number of carbonyl (C=O) groups excluding carboxylic acids is 2. The lowest BCUT2D eigenvalue weighted by Crippen LogP contribution is -2.49. The highest BCUT2D eigenvalue weighted by atomic mass is 16.6. The first kappa shape index (κ1) is 20.0. The third kappa shape index (κ3) is 4.95. The van der Waals surface area contributed by atoms with Crippen molar-refractivity contribution >= 4 is 18.0 Å². The van der Waals surface area contributed by atoms with Crippen LogP contribution < -0.4 is 14.2 Å². The molecule has 1 aromatic carbocycles. The molecule has 0 saturated carbocycles. The molecule has 28 heavy (non-hydrogen) atoms. The van der Waals surface area contributed by atoms with E-state index in [1.807, 2.05) is 13.8 Å². The van der Waals surface area contributed by atoms with Gasteiger partial charge in [0.1, 0.15) is 13.2 Å². The topological polar surface area (TPSA) is 83.5 Å². The Balaban J connectivity index is 1.56. The normalized spacial score (nSPS) is 21.5. The molecule has 2 aliphatic heterocycles. The standard InChI is InChI=1S/C20H25NO7/c1-13-10-21(11-14(2)28-13)18(22)12-27-19(23)5-4-15-8-16(24-3)20-17(9-15)25-6-7-26-20/h4-5,8-9,13-14H,6-7,10-12H2,1-3H3/b5-4+/t13-,14-/m0/s1. The van der Waals surface area contributed by atoms with Crippen LogP contribution in [-0.4, -0.2) is 69.0 Å². The highest BCUT2D eigenvalue weighted by Gasteiger charge is 2.26. The van der Waals surface area contributed by atoms with Crippen LogP contribution in [-0.2, 0) is 19.1 Å². The predicted octanol–water partition coefficient (Wildman–Crippen LogP) is 1.66. The second kappa shape index (κ2) is 8.97.